The van der Waals surface area contributed by atoms with Crippen molar-refractivity contribution < 1.29 is 4.79 Å². The van der Waals surface area contributed by atoms with E-state index in [1.807, 2.05) is 105 Å². The second-order valence-electron chi connectivity index (χ2n) is 7.43. The van der Waals surface area contributed by atoms with Crippen LogP contribution in [0.15, 0.2) is 88.0 Å². The number of amidine groups is 1. The molecule has 1 heterocycles. The van der Waals surface area contributed by atoms with Crippen molar-refractivity contribution in [3.8, 4) is 0 Å². The van der Waals surface area contributed by atoms with E-state index in [1.165, 1.54) is 0 Å². The maximum absolute atomic E-state index is 13.3. The lowest BCUT2D eigenvalue weighted by atomic mass is 10.1. The van der Waals surface area contributed by atoms with Gasteiger partial charge in [0.2, 0.25) is 0 Å². The standard InChI is InChI=1S/C25H22BrN3O/c1-17-4-8-19(9-5-17)24-27-23(16-18-6-12-21(13-7-18)28(2)3)25(30)29(24)22-14-10-20(26)11-15-22/h4-16H,1-3H3/b23-16+. The van der Waals surface area contributed by atoms with Crippen LogP contribution < -0.4 is 9.80 Å². The van der Waals surface area contributed by atoms with Crippen LogP contribution in [0.5, 0.6) is 0 Å². The molecule has 30 heavy (non-hydrogen) atoms. The minimum absolute atomic E-state index is 0.135. The quantitative estimate of drug-likeness (QED) is 0.472. The van der Waals surface area contributed by atoms with Crippen LogP contribution in [-0.2, 0) is 4.79 Å². The molecule has 3 aromatic rings. The molecule has 0 bridgehead atoms. The summed E-state index contributed by atoms with van der Waals surface area (Å²) < 4.78 is 0.962. The molecule has 0 aromatic heterocycles. The highest BCUT2D eigenvalue weighted by atomic mass is 79.9. The maximum Gasteiger partial charge on any atom is 0.282 e. The third-order valence-corrected chi connectivity index (χ3v) is 5.50. The molecule has 1 amide bonds. The first-order valence-corrected chi connectivity index (χ1v) is 10.5. The fourth-order valence-corrected chi connectivity index (χ4v) is 3.53. The summed E-state index contributed by atoms with van der Waals surface area (Å²) in [4.78, 5) is 21.8. The Labute approximate surface area is 185 Å². The highest BCUT2D eigenvalue weighted by Crippen LogP contribution is 2.29. The molecular weight excluding hydrogens is 438 g/mol. The number of hydrogen-bond acceptors (Lipinski definition) is 3. The highest BCUT2D eigenvalue weighted by molar-refractivity contribution is 9.10. The molecule has 1 aliphatic heterocycles. The molecule has 0 N–H and O–H groups in total. The van der Waals surface area contributed by atoms with Crippen molar-refractivity contribution in [2.75, 3.05) is 23.9 Å². The predicted octanol–water partition coefficient (Wildman–Crippen LogP) is 5.66. The van der Waals surface area contributed by atoms with Gasteiger partial charge in [0, 0.05) is 29.8 Å². The molecular formula is C25H22BrN3O. The molecule has 3 aromatic carbocycles. The zero-order valence-corrected chi connectivity index (χ0v) is 18.7. The summed E-state index contributed by atoms with van der Waals surface area (Å²) in [5.74, 6) is 0.503. The second kappa shape index (κ2) is 8.28. The Morgan fingerprint density at radius 3 is 2.13 bits per heavy atom. The van der Waals surface area contributed by atoms with Crippen molar-refractivity contribution in [3.05, 3.63) is 99.7 Å². The van der Waals surface area contributed by atoms with Gasteiger partial charge in [-0.2, -0.15) is 0 Å². The normalized spacial score (nSPS) is 14.9. The molecule has 0 saturated heterocycles. The number of benzene rings is 3. The first-order chi connectivity index (χ1) is 14.4. The van der Waals surface area contributed by atoms with Gasteiger partial charge in [0.15, 0.2) is 0 Å². The van der Waals surface area contributed by atoms with Gasteiger partial charge in [-0.15, -0.1) is 0 Å². The fraction of sp³-hybridized carbons (Fsp3) is 0.120. The third-order valence-electron chi connectivity index (χ3n) is 4.97. The van der Waals surface area contributed by atoms with E-state index in [1.54, 1.807) is 4.90 Å². The molecule has 4 rings (SSSR count). The summed E-state index contributed by atoms with van der Waals surface area (Å²) in [5, 5.41) is 0. The number of aryl methyl sites for hydroxylation is 1. The highest BCUT2D eigenvalue weighted by Gasteiger charge is 2.32. The summed E-state index contributed by atoms with van der Waals surface area (Å²) in [5.41, 5.74) is 5.32. The van der Waals surface area contributed by atoms with Gasteiger partial charge in [0.1, 0.15) is 11.5 Å². The number of halogens is 1. The van der Waals surface area contributed by atoms with E-state index in [4.69, 9.17) is 4.99 Å². The number of amides is 1. The van der Waals surface area contributed by atoms with Gasteiger partial charge in [-0.25, -0.2) is 4.99 Å². The van der Waals surface area contributed by atoms with Gasteiger partial charge < -0.3 is 4.90 Å². The van der Waals surface area contributed by atoms with E-state index in [9.17, 15) is 4.79 Å². The Bertz CT molecular complexity index is 1130. The largest absolute Gasteiger partial charge is 0.378 e. The lowest BCUT2D eigenvalue weighted by Gasteiger charge is -2.18. The molecule has 0 atom stereocenters. The Hall–Kier alpha value is -3.18. The molecule has 0 unspecified atom stereocenters. The van der Waals surface area contributed by atoms with Crippen molar-refractivity contribution in [3.63, 3.8) is 0 Å². The second-order valence-corrected chi connectivity index (χ2v) is 8.35. The maximum atomic E-state index is 13.3. The van der Waals surface area contributed by atoms with Crippen LogP contribution in [-0.4, -0.2) is 25.8 Å². The molecule has 1 aliphatic rings. The van der Waals surface area contributed by atoms with E-state index in [0.717, 1.165) is 32.5 Å². The average molecular weight is 460 g/mol. The molecule has 0 fully saturated rings. The summed E-state index contributed by atoms with van der Waals surface area (Å²) in [7, 11) is 4.00. The molecule has 4 nitrogen and oxygen atoms in total. The van der Waals surface area contributed by atoms with Crippen LogP contribution in [0.2, 0.25) is 0 Å². The SMILES string of the molecule is Cc1ccc(C2=N/C(=C/c3ccc(N(C)C)cc3)C(=O)N2c2ccc(Br)cc2)cc1. The lowest BCUT2D eigenvalue weighted by Crippen LogP contribution is -2.32. The van der Waals surface area contributed by atoms with Crippen molar-refractivity contribution in [1.82, 2.24) is 0 Å². The minimum atomic E-state index is -0.135. The fourth-order valence-electron chi connectivity index (χ4n) is 3.27. The monoisotopic (exact) mass is 459 g/mol. The van der Waals surface area contributed by atoms with Gasteiger partial charge in [-0.3, -0.25) is 9.69 Å². The number of anilines is 2. The first kappa shape index (κ1) is 20.1. The van der Waals surface area contributed by atoms with Crippen molar-refractivity contribution in [1.29, 1.82) is 0 Å². The zero-order chi connectivity index (χ0) is 21.3. The van der Waals surface area contributed by atoms with E-state index < -0.39 is 0 Å². The van der Waals surface area contributed by atoms with Gasteiger partial charge >= 0.3 is 0 Å². The number of aliphatic imine (C=N–C) groups is 1. The van der Waals surface area contributed by atoms with E-state index in [0.29, 0.717) is 11.5 Å². The molecule has 0 spiro atoms. The molecule has 0 radical (unpaired) electrons. The molecule has 150 valence electrons. The van der Waals surface area contributed by atoms with Crippen molar-refractivity contribution in [2.45, 2.75) is 6.92 Å². The number of carbonyl (C=O) groups is 1. The van der Waals surface area contributed by atoms with Crippen molar-refractivity contribution >= 4 is 45.1 Å². The number of rotatable bonds is 4. The van der Waals surface area contributed by atoms with Crippen LogP contribution in [0.4, 0.5) is 11.4 Å². The summed E-state index contributed by atoms with van der Waals surface area (Å²) in [6.07, 6.45) is 1.84. The van der Waals surface area contributed by atoms with Gasteiger partial charge in [-0.05, 0) is 55.0 Å². The van der Waals surface area contributed by atoms with Gasteiger partial charge in [0.05, 0.1) is 5.69 Å². The lowest BCUT2D eigenvalue weighted by molar-refractivity contribution is -0.113. The first-order valence-electron chi connectivity index (χ1n) is 9.67. The van der Waals surface area contributed by atoms with E-state index >= 15 is 0 Å². The van der Waals surface area contributed by atoms with Gasteiger partial charge in [0.25, 0.3) is 5.91 Å². The molecule has 0 aliphatic carbocycles. The topological polar surface area (TPSA) is 35.9 Å². The van der Waals surface area contributed by atoms with Crippen LogP contribution in [0.1, 0.15) is 16.7 Å². The van der Waals surface area contributed by atoms with E-state index in [-0.39, 0.29) is 5.91 Å². The Morgan fingerprint density at radius 1 is 0.900 bits per heavy atom. The van der Waals surface area contributed by atoms with Crippen LogP contribution in [0.25, 0.3) is 6.08 Å². The van der Waals surface area contributed by atoms with Crippen LogP contribution in [0, 0.1) is 6.92 Å². The Morgan fingerprint density at radius 2 is 1.53 bits per heavy atom. The Kier molecular flexibility index (Phi) is 5.55. The number of nitrogens with zero attached hydrogens (tertiary/aromatic N) is 3. The number of carbonyl (C=O) groups excluding carboxylic acids is 1. The van der Waals surface area contributed by atoms with Gasteiger partial charge in [-0.1, -0.05) is 57.9 Å². The molecule has 0 saturated carbocycles. The number of hydrogen-bond donors (Lipinski definition) is 0. The summed E-state index contributed by atoms with van der Waals surface area (Å²) in [6, 6.07) is 23.8. The smallest absolute Gasteiger partial charge is 0.282 e. The zero-order valence-electron chi connectivity index (χ0n) is 17.1. The third kappa shape index (κ3) is 4.07. The average Bonchev–Trinajstić information content (AvgIpc) is 3.06. The molecule has 5 heteroatoms. The summed E-state index contributed by atoms with van der Waals surface area (Å²) in [6.45, 7) is 2.04. The van der Waals surface area contributed by atoms with Crippen LogP contribution >= 0.6 is 15.9 Å². The van der Waals surface area contributed by atoms with Crippen LogP contribution in [0.3, 0.4) is 0 Å². The Balaban J connectivity index is 1.77. The van der Waals surface area contributed by atoms with E-state index in [2.05, 4.69) is 15.9 Å². The summed E-state index contributed by atoms with van der Waals surface area (Å²) >= 11 is 3.46. The minimum Gasteiger partial charge on any atom is -0.378 e. The predicted molar refractivity (Wildman–Crippen MR) is 128 cm³/mol. The van der Waals surface area contributed by atoms with Crippen molar-refractivity contribution in [2.24, 2.45) is 4.99 Å².